The zero-order valence-electron chi connectivity index (χ0n) is 6.45. The van der Waals surface area contributed by atoms with Crippen molar-refractivity contribution in [3.05, 3.63) is 11.8 Å². The molecule has 0 spiro atoms. The minimum Gasteiger partial charge on any atom is -0.308 e. The number of allylic oxidation sites excluding steroid dienone is 1. The molecule has 0 aromatic rings. The fourth-order valence-electron chi connectivity index (χ4n) is 0.488. The van der Waals surface area contributed by atoms with E-state index in [4.69, 9.17) is 10.9 Å². The van der Waals surface area contributed by atoms with Crippen LogP contribution in [0.25, 0.3) is 0 Å². The summed E-state index contributed by atoms with van der Waals surface area (Å²) in [4.78, 5) is 3.89. The summed E-state index contributed by atoms with van der Waals surface area (Å²) in [5.74, 6) is 0. The third-order valence-electron chi connectivity index (χ3n) is 1.07. The average molecular weight is 277 g/mol. The highest BCUT2D eigenvalue weighted by Gasteiger charge is 1.95. The van der Waals surface area contributed by atoms with Crippen molar-refractivity contribution in [1.29, 1.82) is 10.9 Å². The summed E-state index contributed by atoms with van der Waals surface area (Å²) in [6.07, 6.45) is 3.72. The quantitative estimate of drug-likeness (QED) is 0.342. The first-order valence-corrected chi connectivity index (χ1v) is 3.97. The van der Waals surface area contributed by atoms with Crippen molar-refractivity contribution in [3.8, 4) is 0 Å². The van der Waals surface area contributed by atoms with Gasteiger partial charge in [-0.1, -0.05) is 0 Å². The molecule has 0 radical (unpaired) electrons. The Kier molecular flexibility index (Phi) is 6.25. The molecule has 0 saturated heterocycles. The van der Waals surface area contributed by atoms with Gasteiger partial charge in [-0.2, -0.15) is 5.11 Å². The number of nitrogens with zero attached hydrogens (tertiary/aromatic N) is 3. The number of halogens is 1. The van der Waals surface area contributed by atoms with E-state index in [1.165, 1.54) is 12.5 Å². The molecule has 0 fully saturated rings. The lowest BCUT2D eigenvalue weighted by Gasteiger charge is -1.94. The SMILES string of the molecule is CC(=N/C=N\I)/C(C=N)=C/N=N. The van der Waals surface area contributed by atoms with Crippen LogP contribution >= 0.6 is 22.9 Å². The van der Waals surface area contributed by atoms with Crippen LogP contribution in [-0.2, 0) is 0 Å². The summed E-state index contributed by atoms with van der Waals surface area (Å²) in [7, 11) is 0. The largest absolute Gasteiger partial charge is 0.308 e. The van der Waals surface area contributed by atoms with Crippen molar-refractivity contribution >= 4 is 41.1 Å². The minimum absolute atomic E-state index is 0.501. The van der Waals surface area contributed by atoms with Crippen molar-refractivity contribution in [2.75, 3.05) is 0 Å². The fraction of sp³-hybridized carbons (Fsp3) is 0.167. The summed E-state index contributed by atoms with van der Waals surface area (Å²) < 4.78 is 3.63. The number of hydrogen-bond donors (Lipinski definition) is 2. The second-order valence-corrected chi connectivity index (χ2v) is 2.34. The first kappa shape index (κ1) is 11.1. The van der Waals surface area contributed by atoms with Crippen LogP contribution in [0.5, 0.6) is 0 Å². The Balaban J connectivity index is 4.62. The molecule has 0 aliphatic heterocycles. The predicted molar refractivity (Wildman–Crippen MR) is 57.6 cm³/mol. The third-order valence-corrected chi connectivity index (χ3v) is 1.32. The molecule has 0 aliphatic carbocycles. The van der Waals surface area contributed by atoms with Gasteiger partial charge in [-0.05, 0) is 6.92 Å². The monoisotopic (exact) mass is 277 g/mol. The summed E-state index contributed by atoms with van der Waals surface area (Å²) in [5.41, 5.74) is 7.68. The lowest BCUT2D eigenvalue weighted by atomic mass is 10.2. The van der Waals surface area contributed by atoms with Crippen molar-refractivity contribution in [3.63, 3.8) is 0 Å². The van der Waals surface area contributed by atoms with Gasteiger partial charge in [-0.15, -0.1) is 0 Å². The van der Waals surface area contributed by atoms with E-state index in [1.54, 1.807) is 29.8 Å². The molecule has 12 heavy (non-hydrogen) atoms. The normalized spacial score (nSPS) is 13.5. The van der Waals surface area contributed by atoms with E-state index in [0.29, 0.717) is 11.3 Å². The van der Waals surface area contributed by atoms with Crippen LogP contribution in [0, 0.1) is 10.9 Å². The number of nitrogens with one attached hydrogen (secondary N) is 2. The molecule has 0 amide bonds. The Bertz CT molecular complexity index is 253. The van der Waals surface area contributed by atoms with Gasteiger partial charge in [0.2, 0.25) is 0 Å². The maximum atomic E-state index is 6.97. The highest BCUT2D eigenvalue weighted by molar-refractivity contribution is 14.1. The molecule has 2 N–H and O–H groups in total. The molecule has 6 heteroatoms. The van der Waals surface area contributed by atoms with E-state index < -0.39 is 0 Å². The summed E-state index contributed by atoms with van der Waals surface area (Å²) in [5, 5.41) is 10.0. The van der Waals surface area contributed by atoms with E-state index in [9.17, 15) is 0 Å². The van der Waals surface area contributed by atoms with Crippen LogP contribution in [0.3, 0.4) is 0 Å². The van der Waals surface area contributed by atoms with Gasteiger partial charge < -0.3 is 5.41 Å². The molecule has 0 atom stereocenters. The second-order valence-electron chi connectivity index (χ2n) is 1.79. The van der Waals surface area contributed by atoms with E-state index >= 15 is 0 Å². The predicted octanol–water partition coefficient (Wildman–Crippen LogP) is 2.39. The van der Waals surface area contributed by atoms with Crippen molar-refractivity contribution < 1.29 is 0 Å². The second kappa shape index (κ2) is 6.77. The van der Waals surface area contributed by atoms with Crippen LogP contribution in [-0.4, -0.2) is 18.3 Å². The van der Waals surface area contributed by atoms with Crippen molar-refractivity contribution in [2.24, 2.45) is 13.3 Å². The van der Waals surface area contributed by atoms with Crippen LogP contribution in [0.4, 0.5) is 0 Å². The van der Waals surface area contributed by atoms with Gasteiger partial charge in [0.15, 0.2) is 0 Å². The maximum absolute atomic E-state index is 6.97. The van der Waals surface area contributed by atoms with Crippen LogP contribution in [0.2, 0.25) is 0 Å². The van der Waals surface area contributed by atoms with Crippen LogP contribution in [0.1, 0.15) is 6.92 Å². The minimum atomic E-state index is 0.501. The Morgan fingerprint density at radius 1 is 1.50 bits per heavy atom. The highest BCUT2D eigenvalue weighted by Crippen LogP contribution is 1.95. The van der Waals surface area contributed by atoms with E-state index in [-0.39, 0.29) is 0 Å². The Morgan fingerprint density at radius 3 is 2.58 bits per heavy atom. The number of aliphatic imine (C=N–C) groups is 1. The molecule has 0 bridgehead atoms. The molecule has 0 unspecified atom stereocenters. The number of rotatable bonds is 4. The lowest BCUT2D eigenvalue weighted by Crippen LogP contribution is -1.97. The van der Waals surface area contributed by atoms with Crippen molar-refractivity contribution in [1.82, 2.24) is 0 Å². The Morgan fingerprint density at radius 2 is 2.17 bits per heavy atom. The summed E-state index contributed by atoms with van der Waals surface area (Å²) in [6.45, 7) is 1.72. The molecule has 0 aliphatic rings. The molecule has 5 nitrogen and oxygen atoms in total. The molecule has 0 rings (SSSR count). The van der Waals surface area contributed by atoms with Gasteiger partial charge in [0.05, 0.1) is 29.1 Å². The van der Waals surface area contributed by atoms with Crippen LogP contribution < -0.4 is 0 Å². The third kappa shape index (κ3) is 4.06. The first-order chi connectivity index (χ1) is 5.76. The number of hydrogen-bond acceptors (Lipinski definition) is 4. The summed E-state index contributed by atoms with van der Waals surface area (Å²) >= 11 is 1.80. The van der Waals surface area contributed by atoms with Gasteiger partial charge in [-0.25, -0.2) is 13.7 Å². The van der Waals surface area contributed by atoms with Crippen molar-refractivity contribution in [2.45, 2.75) is 6.92 Å². The van der Waals surface area contributed by atoms with Gasteiger partial charge in [0.1, 0.15) is 6.34 Å². The first-order valence-electron chi connectivity index (χ1n) is 3.01. The van der Waals surface area contributed by atoms with Crippen LogP contribution in [0.15, 0.2) is 25.1 Å². The van der Waals surface area contributed by atoms with E-state index in [1.807, 2.05) is 0 Å². The van der Waals surface area contributed by atoms with Gasteiger partial charge in [-0.3, -0.25) is 0 Å². The molecular formula is C6H8IN5. The van der Waals surface area contributed by atoms with E-state index in [2.05, 4.69) is 13.3 Å². The molecular weight excluding hydrogens is 269 g/mol. The van der Waals surface area contributed by atoms with E-state index in [0.717, 1.165) is 6.21 Å². The van der Waals surface area contributed by atoms with Gasteiger partial charge in [0, 0.05) is 17.5 Å². The molecule has 0 aromatic carbocycles. The highest BCUT2D eigenvalue weighted by atomic mass is 127. The fourth-order valence-corrected chi connectivity index (χ4v) is 0.612. The average Bonchev–Trinajstić information content (AvgIpc) is 2.10. The van der Waals surface area contributed by atoms with Gasteiger partial charge in [0.25, 0.3) is 0 Å². The zero-order valence-corrected chi connectivity index (χ0v) is 8.61. The summed E-state index contributed by atoms with van der Waals surface area (Å²) in [6, 6.07) is 0. The Hall–Kier alpha value is -0.920. The Labute approximate surface area is 84.2 Å². The molecule has 0 heterocycles. The molecule has 64 valence electrons. The molecule has 0 saturated carbocycles. The smallest absolute Gasteiger partial charge is 0.122 e. The maximum Gasteiger partial charge on any atom is 0.122 e. The standard InChI is InChI=1S/C6H8IN5/c1-5(10-4-11-7)6(2-8)3-12-9/h2-4,8-9H,1H3/b6-3+,8-2?,10-5-,11-4-,12-9?. The topological polar surface area (TPSA) is 84.8 Å². The lowest BCUT2D eigenvalue weighted by molar-refractivity contribution is 1.14. The zero-order chi connectivity index (χ0) is 9.40. The molecule has 0 aromatic heterocycles. The van der Waals surface area contributed by atoms with Gasteiger partial charge >= 0.3 is 0 Å².